The van der Waals surface area contributed by atoms with E-state index in [-0.39, 0.29) is 17.7 Å². The van der Waals surface area contributed by atoms with Crippen molar-refractivity contribution >= 4 is 21.9 Å². The van der Waals surface area contributed by atoms with Gasteiger partial charge in [0, 0.05) is 18.2 Å². The van der Waals surface area contributed by atoms with Crippen molar-refractivity contribution < 1.29 is 27.8 Å². The van der Waals surface area contributed by atoms with Gasteiger partial charge in [-0.3, -0.25) is 4.90 Å². The first-order chi connectivity index (χ1) is 16.4. The average Bonchev–Trinajstić information content (AvgIpc) is 3.27. The van der Waals surface area contributed by atoms with Crippen LogP contribution in [0.15, 0.2) is 54.6 Å². The second-order valence-corrected chi connectivity index (χ2v) is 9.26. The van der Waals surface area contributed by atoms with Crippen LogP contribution in [-0.2, 0) is 17.7 Å². The minimum atomic E-state index is -0.625. The van der Waals surface area contributed by atoms with Gasteiger partial charge in [0.05, 0.1) is 23.2 Å². The molecule has 0 N–H and O–H groups in total. The molecule has 8 heteroatoms. The first-order valence-corrected chi connectivity index (χ1v) is 11.9. The number of nitrogens with zero attached hydrogens (tertiary/aromatic N) is 1. The van der Waals surface area contributed by atoms with Gasteiger partial charge in [-0.15, -0.1) is 0 Å². The number of carbonyl (C=O) groups is 1. The number of hydrogen-bond acceptors (Lipinski definition) is 5. The molecule has 0 spiro atoms. The van der Waals surface area contributed by atoms with E-state index in [1.807, 2.05) is 24.3 Å². The third-order valence-corrected chi connectivity index (χ3v) is 6.95. The van der Waals surface area contributed by atoms with Crippen LogP contribution in [0.25, 0.3) is 0 Å². The summed E-state index contributed by atoms with van der Waals surface area (Å²) in [6.45, 7) is 2.68. The zero-order chi connectivity index (χ0) is 23.8. The lowest BCUT2D eigenvalue weighted by molar-refractivity contribution is 0.0526. The predicted molar refractivity (Wildman–Crippen MR) is 125 cm³/mol. The van der Waals surface area contributed by atoms with Crippen LogP contribution in [0.1, 0.15) is 45.6 Å². The van der Waals surface area contributed by atoms with Gasteiger partial charge in [-0.1, -0.05) is 34.1 Å². The van der Waals surface area contributed by atoms with E-state index in [1.165, 1.54) is 12.1 Å². The van der Waals surface area contributed by atoms with E-state index >= 15 is 4.39 Å². The van der Waals surface area contributed by atoms with Crippen molar-refractivity contribution in [1.82, 2.24) is 4.90 Å². The van der Waals surface area contributed by atoms with Gasteiger partial charge in [-0.2, -0.15) is 0 Å². The molecule has 2 unspecified atom stereocenters. The minimum Gasteiger partial charge on any atom is -0.462 e. The van der Waals surface area contributed by atoms with Crippen LogP contribution in [0.4, 0.5) is 8.78 Å². The van der Waals surface area contributed by atoms with Crippen molar-refractivity contribution in [3.8, 4) is 11.5 Å². The van der Waals surface area contributed by atoms with E-state index in [2.05, 4.69) is 20.8 Å². The highest BCUT2D eigenvalue weighted by molar-refractivity contribution is 9.09. The molecule has 2 heterocycles. The standard InChI is InChI=1S/C26H22BrF2NO4/c1-2-32-26(31)16-5-3-15(4-6-16)13-30-24(27)10-17-9-22-23(34-14-33-22)12-20(17)25(30)19-8-7-18(28)11-21(19)29/h3-9,11-12,24-25H,2,10,13-14H2,1H3. The maximum Gasteiger partial charge on any atom is 0.338 e. The highest BCUT2D eigenvalue weighted by atomic mass is 79.9. The Morgan fingerprint density at radius 3 is 2.50 bits per heavy atom. The maximum absolute atomic E-state index is 15.1. The molecule has 0 bridgehead atoms. The summed E-state index contributed by atoms with van der Waals surface area (Å²) in [7, 11) is 0. The van der Waals surface area contributed by atoms with E-state index in [9.17, 15) is 9.18 Å². The van der Waals surface area contributed by atoms with E-state index in [0.717, 1.165) is 22.8 Å². The monoisotopic (exact) mass is 529 g/mol. The highest BCUT2D eigenvalue weighted by Gasteiger charge is 2.37. The summed E-state index contributed by atoms with van der Waals surface area (Å²) in [5.74, 6) is -0.336. The van der Waals surface area contributed by atoms with E-state index < -0.39 is 17.7 Å². The fraction of sp³-hybridized carbons (Fsp3) is 0.269. The Bertz CT molecular complexity index is 1230. The molecule has 2 atom stereocenters. The molecule has 3 aromatic rings. The molecule has 2 aliphatic heterocycles. The van der Waals surface area contributed by atoms with Crippen LogP contribution in [0.2, 0.25) is 0 Å². The largest absolute Gasteiger partial charge is 0.462 e. The summed E-state index contributed by atoms with van der Waals surface area (Å²) < 4.78 is 45.0. The molecule has 2 aliphatic rings. The number of benzene rings is 3. The third kappa shape index (κ3) is 4.28. The average molecular weight is 530 g/mol. The van der Waals surface area contributed by atoms with Crippen molar-refractivity contribution in [2.24, 2.45) is 0 Å². The lowest BCUT2D eigenvalue weighted by atomic mass is 9.87. The van der Waals surface area contributed by atoms with Gasteiger partial charge in [-0.25, -0.2) is 13.6 Å². The van der Waals surface area contributed by atoms with Crippen molar-refractivity contribution in [3.05, 3.63) is 94.0 Å². The summed E-state index contributed by atoms with van der Waals surface area (Å²) in [4.78, 5) is 14.0. The Morgan fingerprint density at radius 1 is 1.06 bits per heavy atom. The quantitative estimate of drug-likeness (QED) is 0.239. The fourth-order valence-electron chi connectivity index (χ4n) is 4.50. The number of esters is 1. The summed E-state index contributed by atoms with van der Waals surface area (Å²) in [6, 6.07) is 14.2. The number of hydrogen-bond donors (Lipinski definition) is 0. The van der Waals surface area contributed by atoms with Crippen molar-refractivity contribution in [1.29, 1.82) is 0 Å². The summed E-state index contributed by atoms with van der Waals surface area (Å²) >= 11 is 3.78. The van der Waals surface area contributed by atoms with Crippen LogP contribution >= 0.6 is 15.9 Å². The van der Waals surface area contributed by atoms with E-state index in [0.29, 0.717) is 42.2 Å². The van der Waals surface area contributed by atoms with Crippen molar-refractivity contribution in [2.75, 3.05) is 13.4 Å². The van der Waals surface area contributed by atoms with Gasteiger partial charge in [0.2, 0.25) is 6.79 Å². The topological polar surface area (TPSA) is 48.0 Å². The SMILES string of the molecule is CCOC(=O)c1ccc(CN2C(Br)Cc3cc4c(cc3C2c2ccc(F)cc2F)OCO4)cc1. The Kier molecular flexibility index (Phi) is 6.27. The molecule has 34 heavy (non-hydrogen) atoms. The summed E-state index contributed by atoms with van der Waals surface area (Å²) in [5.41, 5.74) is 3.67. The normalized spacial score (nSPS) is 19.1. The smallest absolute Gasteiger partial charge is 0.338 e. The number of alkyl halides is 1. The molecule has 0 aliphatic carbocycles. The number of carbonyl (C=O) groups excluding carboxylic acids is 1. The van der Waals surface area contributed by atoms with Gasteiger partial charge in [0.1, 0.15) is 11.6 Å². The van der Waals surface area contributed by atoms with E-state index in [4.69, 9.17) is 14.2 Å². The third-order valence-electron chi connectivity index (χ3n) is 6.10. The molecule has 0 saturated carbocycles. The number of rotatable bonds is 5. The summed E-state index contributed by atoms with van der Waals surface area (Å²) in [5, 5.41) is 0. The second kappa shape index (κ2) is 9.35. The molecule has 0 aromatic heterocycles. The first-order valence-electron chi connectivity index (χ1n) is 11.0. The van der Waals surface area contributed by atoms with Crippen molar-refractivity contribution in [3.63, 3.8) is 0 Å². The lowest BCUT2D eigenvalue weighted by Gasteiger charge is -2.41. The van der Waals surface area contributed by atoms with Gasteiger partial charge in [0.15, 0.2) is 11.5 Å². The molecular formula is C26H22BrF2NO4. The van der Waals surface area contributed by atoms with Gasteiger partial charge >= 0.3 is 5.97 Å². The van der Waals surface area contributed by atoms with E-state index in [1.54, 1.807) is 19.1 Å². The molecule has 5 nitrogen and oxygen atoms in total. The molecular weight excluding hydrogens is 508 g/mol. The van der Waals surface area contributed by atoms with Crippen LogP contribution in [0.5, 0.6) is 11.5 Å². The number of halogens is 3. The highest BCUT2D eigenvalue weighted by Crippen LogP contribution is 2.46. The molecule has 0 saturated heterocycles. The van der Waals surface area contributed by atoms with Gasteiger partial charge in [0.25, 0.3) is 0 Å². The second-order valence-electron chi connectivity index (χ2n) is 8.20. The van der Waals surface area contributed by atoms with Gasteiger partial charge < -0.3 is 14.2 Å². The predicted octanol–water partition coefficient (Wildman–Crippen LogP) is 5.74. The lowest BCUT2D eigenvalue weighted by Crippen LogP contribution is -2.41. The molecule has 0 amide bonds. The van der Waals surface area contributed by atoms with Crippen LogP contribution < -0.4 is 9.47 Å². The Labute approximate surface area is 204 Å². The maximum atomic E-state index is 15.1. The Morgan fingerprint density at radius 2 is 1.79 bits per heavy atom. The zero-order valence-electron chi connectivity index (χ0n) is 18.4. The number of fused-ring (bicyclic) bond motifs is 2. The zero-order valence-corrected chi connectivity index (χ0v) is 20.0. The fourth-order valence-corrected chi connectivity index (χ4v) is 5.23. The molecule has 0 radical (unpaired) electrons. The van der Waals surface area contributed by atoms with Crippen LogP contribution in [0, 0.1) is 11.6 Å². The first kappa shape index (κ1) is 22.8. The Hall–Kier alpha value is -2.97. The van der Waals surface area contributed by atoms with Gasteiger partial charge in [-0.05, 0) is 60.4 Å². The minimum absolute atomic E-state index is 0.125. The van der Waals surface area contributed by atoms with Crippen molar-refractivity contribution in [2.45, 2.75) is 30.9 Å². The molecule has 176 valence electrons. The molecule has 3 aromatic carbocycles. The number of ether oxygens (including phenoxy) is 3. The summed E-state index contributed by atoms with van der Waals surface area (Å²) in [6.07, 6.45) is 0.659. The van der Waals surface area contributed by atoms with Crippen LogP contribution in [-0.4, -0.2) is 29.2 Å². The molecule has 5 rings (SSSR count). The Balaban J connectivity index is 1.54. The molecule has 0 fully saturated rings. The van der Waals surface area contributed by atoms with Crippen LogP contribution in [0.3, 0.4) is 0 Å².